The van der Waals surface area contributed by atoms with Gasteiger partial charge in [0.1, 0.15) is 12.4 Å². The van der Waals surface area contributed by atoms with Gasteiger partial charge >= 0.3 is 12.1 Å². The maximum atomic E-state index is 11.6. The number of aryl methyl sites for hydroxylation is 1. The molecule has 0 bridgehead atoms. The molecule has 21 heavy (non-hydrogen) atoms. The third-order valence-electron chi connectivity index (χ3n) is 2.78. The maximum absolute atomic E-state index is 11.6. The topological polar surface area (TPSA) is 88.5 Å². The van der Waals surface area contributed by atoms with E-state index in [0.717, 1.165) is 5.56 Å². The van der Waals surface area contributed by atoms with E-state index in [-0.39, 0.29) is 18.0 Å². The lowest BCUT2D eigenvalue weighted by Crippen LogP contribution is -2.15. The number of amides is 1. The molecule has 2 rings (SSSR count). The summed E-state index contributed by atoms with van der Waals surface area (Å²) in [4.78, 5) is 26.6. The zero-order valence-corrected chi connectivity index (χ0v) is 11.4. The second kappa shape index (κ2) is 6.51. The molecule has 0 spiro atoms. The van der Waals surface area contributed by atoms with Crippen LogP contribution in [-0.2, 0) is 11.3 Å². The molecule has 0 aliphatic heterocycles. The quantitative estimate of drug-likeness (QED) is 0.902. The number of nitrogens with zero attached hydrogens (tertiary/aromatic N) is 1. The average molecular weight is 286 g/mol. The van der Waals surface area contributed by atoms with Gasteiger partial charge in [0.2, 0.25) is 0 Å². The minimum Gasteiger partial charge on any atom is -0.478 e. The zero-order valence-electron chi connectivity index (χ0n) is 11.4. The summed E-state index contributed by atoms with van der Waals surface area (Å²) in [5.74, 6) is -0.938. The molecule has 2 aromatic rings. The second-order valence-corrected chi connectivity index (χ2v) is 4.38. The summed E-state index contributed by atoms with van der Waals surface area (Å²) in [5, 5.41) is 11.4. The molecule has 1 amide bonds. The van der Waals surface area contributed by atoms with Gasteiger partial charge in [-0.25, -0.2) is 14.6 Å². The average Bonchev–Trinajstić information content (AvgIpc) is 2.48. The molecular weight excluding hydrogens is 272 g/mol. The third-order valence-corrected chi connectivity index (χ3v) is 2.78. The first-order valence-electron chi connectivity index (χ1n) is 6.24. The van der Waals surface area contributed by atoms with Crippen LogP contribution < -0.4 is 5.32 Å². The van der Waals surface area contributed by atoms with E-state index in [0.29, 0.717) is 5.56 Å². The Morgan fingerprint density at radius 2 is 2.00 bits per heavy atom. The molecule has 1 aromatic carbocycles. The predicted molar refractivity (Wildman–Crippen MR) is 76.2 cm³/mol. The minimum absolute atomic E-state index is 0.0864. The Labute approximate surface area is 121 Å². The Morgan fingerprint density at radius 1 is 1.29 bits per heavy atom. The normalized spacial score (nSPS) is 9.95. The lowest BCUT2D eigenvalue weighted by molar-refractivity contribution is 0.0696. The molecule has 2 N–H and O–H groups in total. The van der Waals surface area contributed by atoms with Gasteiger partial charge in [-0.05, 0) is 24.1 Å². The molecule has 1 aromatic heterocycles. The fourth-order valence-electron chi connectivity index (χ4n) is 1.69. The number of carboxylic acids is 1. The lowest BCUT2D eigenvalue weighted by atomic mass is 10.1. The third kappa shape index (κ3) is 4.04. The number of rotatable bonds is 4. The van der Waals surface area contributed by atoms with Crippen LogP contribution in [0, 0.1) is 6.92 Å². The summed E-state index contributed by atoms with van der Waals surface area (Å²) in [6, 6.07) is 10.5. The van der Waals surface area contributed by atoms with Crippen molar-refractivity contribution in [2.45, 2.75) is 13.5 Å². The highest BCUT2D eigenvalue weighted by atomic mass is 16.5. The number of pyridine rings is 1. The first-order chi connectivity index (χ1) is 10.1. The van der Waals surface area contributed by atoms with E-state index < -0.39 is 12.1 Å². The summed E-state index contributed by atoms with van der Waals surface area (Å²) in [6.07, 6.45) is 0.697. The van der Waals surface area contributed by atoms with E-state index in [1.165, 1.54) is 12.3 Å². The van der Waals surface area contributed by atoms with Gasteiger partial charge in [0.25, 0.3) is 0 Å². The van der Waals surface area contributed by atoms with Crippen LogP contribution in [0.5, 0.6) is 0 Å². The molecule has 1 heterocycles. The number of nitrogens with one attached hydrogen (secondary N) is 1. The molecule has 0 aliphatic rings. The first kappa shape index (κ1) is 14.5. The highest BCUT2D eigenvalue weighted by molar-refractivity contribution is 5.91. The number of carbonyl (C=O) groups is 2. The van der Waals surface area contributed by atoms with Crippen LogP contribution in [0.3, 0.4) is 0 Å². The Bertz CT molecular complexity index is 656. The van der Waals surface area contributed by atoms with Crippen molar-refractivity contribution in [3.8, 4) is 0 Å². The molecular formula is C15H14N2O4. The summed E-state index contributed by atoms with van der Waals surface area (Å²) >= 11 is 0. The number of hydrogen-bond donors (Lipinski definition) is 2. The van der Waals surface area contributed by atoms with Gasteiger partial charge in [-0.2, -0.15) is 0 Å². The standard InChI is InChI=1S/C15H14N2O4/c1-10-8-16-13(7-12(10)14(18)19)17-15(20)21-9-11-5-3-2-4-6-11/h2-8H,9H2,1H3,(H,18,19)(H,16,17,20). The number of ether oxygens (including phenoxy) is 1. The summed E-state index contributed by atoms with van der Waals surface area (Å²) in [5.41, 5.74) is 1.46. The van der Waals surface area contributed by atoms with Crippen molar-refractivity contribution >= 4 is 17.9 Å². The summed E-state index contributed by atoms with van der Waals surface area (Å²) in [7, 11) is 0. The largest absolute Gasteiger partial charge is 0.478 e. The van der Waals surface area contributed by atoms with Crippen molar-refractivity contribution in [3.05, 3.63) is 59.3 Å². The zero-order chi connectivity index (χ0) is 15.2. The number of carboxylic acid groups (broad SMARTS) is 1. The van der Waals surface area contributed by atoms with Crippen LogP contribution in [0.4, 0.5) is 10.6 Å². The van der Waals surface area contributed by atoms with E-state index >= 15 is 0 Å². The monoisotopic (exact) mass is 286 g/mol. The van der Waals surface area contributed by atoms with Gasteiger partial charge in [0.05, 0.1) is 5.56 Å². The van der Waals surface area contributed by atoms with E-state index in [9.17, 15) is 9.59 Å². The Kier molecular flexibility index (Phi) is 4.50. The van der Waals surface area contributed by atoms with Crippen LogP contribution in [0.2, 0.25) is 0 Å². The fourth-order valence-corrected chi connectivity index (χ4v) is 1.69. The number of carbonyl (C=O) groups excluding carboxylic acids is 1. The molecule has 0 radical (unpaired) electrons. The van der Waals surface area contributed by atoms with Crippen LogP contribution in [0.15, 0.2) is 42.6 Å². The Balaban J connectivity index is 1.97. The summed E-state index contributed by atoms with van der Waals surface area (Å²) < 4.78 is 5.03. The molecule has 0 atom stereocenters. The fraction of sp³-hybridized carbons (Fsp3) is 0.133. The number of hydrogen-bond acceptors (Lipinski definition) is 4. The van der Waals surface area contributed by atoms with Crippen LogP contribution in [0.25, 0.3) is 0 Å². The number of anilines is 1. The second-order valence-electron chi connectivity index (χ2n) is 4.38. The highest BCUT2D eigenvalue weighted by Crippen LogP contribution is 2.12. The van der Waals surface area contributed by atoms with Gasteiger partial charge < -0.3 is 9.84 Å². The van der Waals surface area contributed by atoms with Crippen LogP contribution in [0.1, 0.15) is 21.5 Å². The SMILES string of the molecule is Cc1cnc(NC(=O)OCc2ccccc2)cc1C(=O)O. The molecule has 0 fully saturated rings. The van der Waals surface area contributed by atoms with Crippen molar-refractivity contribution in [1.82, 2.24) is 4.98 Å². The van der Waals surface area contributed by atoms with Crippen molar-refractivity contribution in [2.24, 2.45) is 0 Å². The van der Waals surface area contributed by atoms with E-state index in [4.69, 9.17) is 9.84 Å². The van der Waals surface area contributed by atoms with Crippen molar-refractivity contribution in [2.75, 3.05) is 5.32 Å². The Hall–Kier alpha value is -2.89. The lowest BCUT2D eigenvalue weighted by Gasteiger charge is -2.08. The van der Waals surface area contributed by atoms with Gasteiger partial charge in [-0.3, -0.25) is 5.32 Å². The van der Waals surface area contributed by atoms with E-state index in [1.54, 1.807) is 6.92 Å². The number of aromatic nitrogens is 1. The van der Waals surface area contributed by atoms with Crippen LogP contribution >= 0.6 is 0 Å². The molecule has 0 aliphatic carbocycles. The van der Waals surface area contributed by atoms with Gasteiger partial charge in [-0.15, -0.1) is 0 Å². The molecule has 6 nitrogen and oxygen atoms in total. The predicted octanol–water partition coefficient (Wildman–Crippen LogP) is 2.84. The molecule has 108 valence electrons. The highest BCUT2D eigenvalue weighted by Gasteiger charge is 2.11. The van der Waals surface area contributed by atoms with Crippen molar-refractivity contribution < 1.29 is 19.4 Å². The molecule has 0 saturated heterocycles. The van der Waals surface area contributed by atoms with E-state index in [2.05, 4.69) is 10.3 Å². The minimum atomic E-state index is -1.07. The van der Waals surface area contributed by atoms with Gasteiger partial charge in [-0.1, -0.05) is 30.3 Å². The van der Waals surface area contributed by atoms with Crippen molar-refractivity contribution in [3.63, 3.8) is 0 Å². The smallest absolute Gasteiger partial charge is 0.413 e. The van der Waals surface area contributed by atoms with Gasteiger partial charge in [0, 0.05) is 6.20 Å². The number of aromatic carboxylic acids is 1. The molecule has 0 saturated carbocycles. The molecule has 0 unspecified atom stereocenters. The van der Waals surface area contributed by atoms with Gasteiger partial charge in [0.15, 0.2) is 0 Å². The van der Waals surface area contributed by atoms with E-state index in [1.807, 2.05) is 30.3 Å². The van der Waals surface area contributed by atoms with Crippen molar-refractivity contribution in [1.29, 1.82) is 0 Å². The first-order valence-corrected chi connectivity index (χ1v) is 6.24. The van der Waals surface area contributed by atoms with Crippen LogP contribution in [-0.4, -0.2) is 22.2 Å². The summed E-state index contributed by atoms with van der Waals surface area (Å²) in [6.45, 7) is 1.76. The Morgan fingerprint density at radius 3 is 2.67 bits per heavy atom. The maximum Gasteiger partial charge on any atom is 0.413 e. The molecule has 6 heteroatoms. The number of benzene rings is 1.